The lowest BCUT2D eigenvalue weighted by molar-refractivity contribution is 0.249. The van der Waals surface area contributed by atoms with E-state index in [0.29, 0.717) is 18.4 Å². The second-order valence-corrected chi connectivity index (χ2v) is 6.37. The van der Waals surface area contributed by atoms with Crippen LogP contribution in [0.2, 0.25) is 0 Å². The van der Waals surface area contributed by atoms with Gasteiger partial charge in [-0.15, -0.1) is 0 Å². The van der Waals surface area contributed by atoms with Gasteiger partial charge in [0.1, 0.15) is 5.82 Å². The molecular weight excluding hydrogens is 292 g/mol. The lowest BCUT2D eigenvalue weighted by Crippen LogP contribution is -2.34. The number of carbonyl (C=O) groups excluding carboxylic acids is 1. The third-order valence-electron chi connectivity index (χ3n) is 4.33. The van der Waals surface area contributed by atoms with E-state index in [1.807, 2.05) is 30.1 Å². The van der Waals surface area contributed by atoms with Crippen molar-refractivity contribution in [2.75, 3.05) is 11.9 Å². The fraction of sp³-hybridized carbons (Fsp3) is 0.562. The van der Waals surface area contributed by atoms with Crippen LogP contribution in [0.3, 0.4) is 0 Å². The molecule has 0 aromatic carbocycles. The number of carbonyl (C=O) groups is 1. The van der Waals surface area contributed by atoms with Gasteiger partial charge in [-0.25, -0.2) is 4.79 Å². The van der Waals surface area contributed by atoms with Crippen LogP contribution in [0, 0.1) is 5.92 Å². The first-order valence-corrected chi connectivity index (χ1v) is 8.18. The van der Waals surface area contributed by atoms with Crippen molar-refractivity contribution in [2.24, 2.45) is 13.0 Å². The molecule has 0 radical (unpaired) electrons. The van der Waals surface area contributed by atoms with E-state index in [1.54, 1.807) is 10.9 Å². The van der Waals surface area contributed by atoms with Gasteiger partial charge < -0.3 is 5.32 Å². The molecule has 0 spiro atoms. The first kappa shape index (κ1) is 15.6. The molecule has 1 saturated carbocycles. The van der Waals surface area contributed by atoms with Crippen molar-refractivity contribution in [2.45, 2.75) is 38.6 Å². The molecule has 0 bridgehead atoms. The van der Waals surface area contributed by atoms with E-state index >= 15 is 0 Å². The molecule has 1 atom stereocenters. The van der Waals surface area contributed by atoms with Crippen LogP contribution in [0.5, 0.6) is 0 Å². The highest BCUT2D eigenvalue weighted by Crippen LogP contribution is 2.36. The zero-order valence-electron chi connectivity index (χ0n) is 13.7. The Hall–Kier alpha value is -2.31. The van der Waals surface area contributed by atoms with Crippen molar-refractivity contribution in [3.8, 4) is 0 Å². The van der Waals surface area contributed by atoms with Gasteiger partial charge in [-0.05, 0) is 24.8 Å². The van der Waals surface area contributed by atoms with Gasteiger partial charge >= 0.3 is 6.03 Å². The molecule has 1 aliphatic rings. The van der Waals surface area contributed by atoms with E-state index < -0.39 is 0 Å². The van der Waals surface area contributed by atoms with E-state index in [4.69, 9.17) is 0 Å². The zero-order valence-corrected chi connectivity index (χ0v) is 13.7. The maximum atomic E-state index is 12.0. The van der Waals surface area contributed by atoms with Gasteiger partial charge in [0.2, 0.25) is 0 Å². The van der Waals surface area contributed by atoms with Gasteiger partial charge in [0.25, 0.3) is 0 Å². The summed E-state index contributed by atoms with van der Waals surface area (Å²) in [4.78, 5) is 12.0. The van der Waals surface area contributed by atoms with E-state index in [9.17, 15) is 4.79 Å². The van der Waals surface area contributed by atoms with Gasteiger partial charge in [-0.1, -0.05) is 13.3 Å². The fourth-order valence-electron chi connectivity index (χ4n) is 2.73. The normalized spacial score (nSPS) is 15.9. The lowest BCUT2D eigenvalue weighted by Gasteiger charge is -2.22. The number of anilines is 1. The minimum atomic E-state index is -0.194. The average Bonchev–Trinajstić information content (AvgIpc) is 3.06. The molecule has 1 aliphatic carbocycles. The average molecular weight is 316 g/mol. The maximum Gasteiger partial charge on any atom is 0.320 e. The SMILES string of the molecule is C[C@@H](CNC(=O)Nc1cc(C2CCC2)nn1C)Cn1cccn1. The number of aryl methyl sites for hydroxylation is 1. The molecule has 1 fully saturated rings. The molecule has 7 heteroatoms. The number of nitrogens with zero attached hydrogens (tertiary/aromatic N) is 4. The number of hydrogen-bond acceptors (Lipinski definition) is 3. The Morgan fingerprint density at radius 2 is 2.30 bits per heavy atom. The van der Waals surface area contributed by atoms with Gasteiger partial charge in [0, 0.05) is 44.5 Å². The minimum Gasteiger partial charge on any atom is -0.337 e. The molecule has 2 aromatic rings. The number of amides is 2. The molecule has 23 heavy (non-hydrogen) atoms. The van der Waals surface area contributed by atoms with Gasteiger partial charge in [-0.2, -0.15) is 10.2 Å². The van der Waals surface area contributed by atoms with Crippen molar-refractivity contribution in [3.63, 3.8) is 0 Å². The summed E-state index contributed by atoms with van der Waals surface area (Å²) in [6.45, 7) is 3.46. The quantitative estimate of drug-likeness (QED) is 0.859. The van der Waals surface area contributed by atoms with Crippen molar-refractivity contribution >= 4 is 11.8 Å². The summed E-state index contributed by atoms with van der Waals surface area (Å²) in [5, 5.41) is 14.4. The van der Waals surface area contributed by atoms with Crippen LogP contribution in [0.4, 0.5) is 10.6 Å². The van der Waals surface area contributed by atoms with Crippen molar-refractivity contribution in [1.82, 2.24) is 24.9 Å². The Kier molecular flexibility index (Phi) is 4.64. The summed E-state index contributed by atoms with van der Waals surface area (Å²) in [5.41, 5.74) is 1.08. The topological polar surface area (TPSA) is 76.8 Å². The zero-order chi connectivity index (χ0) is 16.2. The highest BCUT2D eigenvalue weighted by atomic mass is 16.2. The van der Waals surface area contributed by atoms with E-state index in [2.05, 4.69) is 27.8 Å². The highest BCUT2D eigenvalue weighted by Gasteiger charge is 2.23. The molecule has 2 N–H and O–H groups in total. The molecule has 2 heterocycles. The van der Waals surface area contributed by atoms with Crippen LogP contribution < -0.4 is 10.6 Å². The predicted octanol–water partition coefficient (Wildman–Crippen LogP) is 2.34. The molecule has 2 amide bonds. The highest BCUT2D eigenvalue weighted by molar-refractivity contribution is 5.88. The molecule has 3 rings (SSSR count). The fourth-order valence-corrected chi connectivity index (χ4v) is 2.73. The van der Waals surface area contributed by atoms with Crippen LogP contribution in [0.1, 0.15) is 37.8 Å². The van der Waals surface area contributed by atoms with E-state index in [0.717, 1.165) is 18.1 Å². The minimum absolute atomic E-state index is 0.194. The van der Waals surface area contributed by atoms with Gasteiger partial charge in [0.05, 0.1) is 5.69 Å². The maximum absolute atomic E-state index is 12.0. The molecule has 2 aromatic heterocycles. The Morgan fingerprint density at radius 1 is 1.48 bits per heavy atom. The summed E-state index contributed by atoms with van der Waals surface area (Å²) in [5.74, 6) is 1.61. The third-order valence-corrected chi connectivity index (χ3v) is 4.33. The standard InChI is InChI=1S/C16H24N6O/c1-12(11-22-8-4-7-18-22)10-17-16(23)19-15-9-14(20-21(15)2)13-5-3-6-13/h4,7-9,12-13H,3,5-6,10-11H2,1-2H3,(H2,17,19,23)/t12-/m0/s1. The van der Waals surface area contributed by atoms with Crippen LogP contribution in [-0.4, -0.2) is 32.1 Å². The van der Waals surface area contributed by atoms with Crippen LogP contribution in [0.25, 0.3) is 0 Å². The van der Waals surface area contributed by atoms with Gasteiger partial charge in [-0.3, -0.25) is 14.7 Å². The number of nitrogens with one attached hydrogen (secondary N) is 2. The van der Waals surface area contributed by atoms with Crippen LogP contribution in [0.15, 0.2) is 24.5 Å². The molecule has 7 nitrogen and oxygen atoms in total. The number of aromatic nitrogens is 4. The van der Waals surface area contributed by atoms with E-state index in [-0.39, 0.29) is 6.03 Å². The first-order valence-electron chi connectivity index (χ1n) is 8.18. The smallest absolute Gasteiger partial charge is 0.320 e. The van der Waals surface area contributed by atoms with Crippen molar-refractivity contribution in [3.05, 3.63) is 30.2 Å². The second-order valence-electron chi connectivity index (χ2n) is 6.37. The summed E-state index contributed by atoms with van der Waals surface area (Å²) in [6, 6.07) is 3.69. The van der Waals surface area contributed by atoms with Crippen LogP contribution >= 0.6 is 0 Å². The Bertz CT molecular complexity index is 644. The molecule has 0 saturated heterocycles. The number of urea groups is 1. The monoisotopic (exact) mass is 316 g/mol. The second kappa shape index (κ2) is 6.85. The summed E-state index contributed by atoms with van der Waals surface area (Å²) >= 11 is 0. The summed E-state index contributed by atoms with van der Waals surface area (Å²) in [7, 11) is 1.86. The molecule has 0 aliphatic heterocycles. The molecule has 0 unspecified atom stereocenters. The number of rotatable bonds is 6. The first-order chi connectivity index (χ1) is 11.1. The molecular formula is C16H24N6O. The summed E-state index contributed by atoms with van der Waals surface area (Å²) in [6.07, 6.45) is 7.36. The van der Waals surface area contributed by atoms with Crippen LogP contribution in [-0.2, 0) is 13.6 Å². The Labute approximate surface area is 136 Å². The summed E-state index contributed by atoms with van der Waals surface area (Å²) < 4.78 is 3.61. The predicted molar refractivity (Wildman–Crippen MR) is 88.2 cm³/mol. The number of hydrogen-bond donors (Lipinski definition) is 2. The Morgan fingerprint density at radius 3 is 2.96 bits per heavy atom. The largest absolute Gasteiger partial charge is 0.337 e. The van der Waals surface area contributed by atoms with Gasteiger partial charge in [0.15, 0.2) is 0 Å². The lowest BCUT2D eigenvalue weighted by atomic mass is 9.83. The van der Waals surface area contributed by atoms with Crippen molar-refractivity contribution < 1.29 is 4.79 Å². The Balaban J connectivity index is 1.46. The van der Waals surface area contributed by atoms with E-state index in [1.165, 1.54) is 19.3 Å². The van der Waals surface area contributed by atoms with Crippen molar-refractivity contribution in [1.29, 1.82) is 0 Å². The third kappa shape index (κ3) is 3.91. The molecule has 124 valence electrons.